The van der Waals surface area contributed by atoms with Gasteiger partial charge in [-0.05, 0) is 30.7 Å². The van der Waals surface area contributed by atoms with E-state index < -0.39 is 5.54 Å². The molecule has 0 spiro atoms. The first-order valence-electron chi connectivity index (χ1n) is 7.28. The summed E-state index contributed by atoms with van der Waals surface area (Å²) < 4.78 is 5.32. The fourth-order valence-electron chi connectivity index (χ4n) is 2.50. The number of nitrogens with zero attached hydrogens (tertiary/aromatic N) is 1. The van der Waals surface area contributed by atoms with Crippen molar-refractivity contribution in [3.05, 3.63) is 64.7 Å². The van der Waals surface area contributed by atoms with Crippen LogP contribution in [0.5, 0.6) is 5.75 Å². The molecule has 0 aliphatic rings. The standard InChI is InChI=1S/C18H21ClN2O2.ClH/c1-18(20,14-7-5-4-6-8-14)17(22)21(2)12-13-11-15(19)9-10-16(13)23-3;/h4-11H,12,20H2,1-3H3;1H. The third kappa shape index (κ3) is 4.41. The Morgan fingerprint density at radius 2 is 1.88 bits per heavy atom. The van der Waals surface area contributed by atoms with Gasteiger partial charge in [-0.3, -0.25) is 4.79 Å². The molecule has 1 atom stereocenters. The van der Waals surface area contributed by atoms with E-state index in [9.17, 15) is 4.79 Å². The zero-order valence-corrected chi connectivity index (χ0v) is 15.5. The van der Waals surface area contributed by atoms with Crippen LogP contribution in [0.15, 0.2) is 48.5 Å². The Kier molecular flexibility index (Phi) is 7.08. The van der Waals surface area contributed by atoms with Crippen LogP contribution in [-0.2, 0) is 16.9 Å². The van der Waals surface area contributed by atoms with E-state index in [2.05, 4.69) is 0 Å². The summed E-state index contributed by atoms with van der Waals surface area (Å²) in [5.74, 6) is 0.512. The number of hydrogen-bond donors (Lipinski definition) is 1. The van der Waals surface area contributed by atoms with E-state index >= 15 is 0 Å². The van der Waals surface area contributed by atoms with Gasteiger partial charge in [0.1, 0.15) is 11.3 Å². The summed E-state index contributed by atoms with van der Waals surface area (Å²) in [4.78, 5) is 14.4. The van der Waals surface area contributed by atoms with Crippen LogP contribution in [0.2, 0.25) is 5.02 Å². The van der Waals surface area contributed by atoms with Crippen molar-refractivity contribution in [1.29, 1.82) is 0 Å². The van der Waals surface area contributed by atoms with E-state index in [0.29, 0.717) is 17.3 Å². The zero-order chi connectivity index (χ0) is 17.0. The highest BCUT2D eigenvalue weighted by atomic mass is 35.5. The SMILES string of the molecule is COc1ccc(Cl)cc1CN(C)C(=O)C(C)(N)c1ccccc1.Cl. The minimum atomic E-state index is -1.10. The van der Waals surface area contributed by atoms with Gasteiger partial charge in [-0.15, -0.1) is 12.4 Å². The van der Waals surface area contributed by atoms with Crippen molar-refractivity contribution in [3.63, 3.8) is 0 Å². The third-order valence-electron chi connectivity index (χ3n) is 3.81. The zero-order valence-electron chi connectivity index (χ0n) is 14.0. The number of halogens is 2. The molecule has 2 aromatic rings. The molecular weight excluding hydrogens is 347 g/mol. The third-order valence-corrected chi connectivity index (χ3v) is 4.05. The van der Waals surface area contributed by atoms with Gasteiger partial charge in [0, 0.05) is 24.2 Å². The summed E-state index contributed by atoms with van der Waals surface area (Å²) >= 11 is 6.04. The predicted octanol–water partition coefficient (Wildman–Crippen LogP) is 3.60. The molecule has 2 rings (SSSR count). The molecule has 1 amide bonds. The van der Waals surface area contributed by atoms with Crippen LogP contribution in [0.3, 0.4) is 0 Å². The van der Waals surface area contributed by atoms with Crippen LogP contribution in [0.1, 0.15) is 18.1 Å². The Morgan fingerprint density at radius 1 is 1.25 bits per heavy atom. The molecule has 2 aromatic carbocycles. The fourth-order valence-corrected chi connectivity index (χ4v) is 2.70. The molecule has 1 unspecified atom stereocenters. The van der Waals surface area contributed by atoms with Crippen LogP contribution in [-0.4, -0.2) is 25.0 Å². The minimum Gasteiger partial charge on any atom is -0.496 e. The molecule has 0 fully saturated rings. The quantitative estimate of drug-likeness (QED) is 0.876. The van der Waals surface area contributed by atoms with Gasteiger partial charge in [0.05, 0.1) is 7.11 Å². The fraction of sp³-hybridized carbons (Fsp3) is 0.278. The van der Waals surface area contributed by atoms with Crippen LogP contribution in [0.25, 0.3) is 0 Å². The second-order valence-corrected chi connectivity index (χ2v) is 6.12. The molecule has 0 bridgehead atoms. The van der Waals surface area contributed by atoms with Crippen molar-refractivity contribution < 1.29 is 9.53 Å². The Morgan fingerprint density at radius 3 is 2.46 bits per heavy atom. The number of likely N-dealkylation sites (N-methyl/N-ethyl adjacent to an activating group) is 1. The van der Waals surface area contributed by atoms with Crippen molar-refractivity contribution in [1.82, 2.24) is 4.90 Å². The van der Waals surface area contributed by atoms with Gasteiger partial charge >= 0.3 is 0 Å². The van der Waals surface area contributed by atoms with Crippen LogP contribution in [0.4, 0.5) is 0 Å². The Balaban J connectivity index is 0.00000288. The van der Waals surface area contributed by atoms with Crippen LogP contribution in [0, 0.1) is 0 Å². The number of benzene rings is 2. The van der Waals surface area contributed by atoms with Gasteiger partial charge in [0.2, 0.25) is 5.91 Å². The summed E-state index contributed by atoms with van der Waals surface area (Å²) in [6, 6.07) is 14.7. The van der Waals surface area contributed by atoms with Crippen molar-refractivity contribution in [2.75, 3.05) is 14.2 Å². The van der Waals surface area contributed by atoms with Crippen molar-refractivity contribution in [3.8, 4) is 5.75 Å². The molecule has 130 valence electrons. The lowest BCUT2D eigenvalue weighted by Gasteiger charge is -2.30. The summed E-state index contributed by atoms with van der Waals surface area (Å²) in [5, 5.41) is 0.597. The number of carbonyl (C=O) groups is 1. The largest absolute Gasteiger partial charge is 0.496 e. The number of carbonyl (C=O) groups excluding carboxylic acids is 1. The van der Waals surface area contributed by atoms with E-state index in [0.717, 1.165) is 11.1 Å². The molecule has 0 saturated carbocycles. The average molecular weight is 369 g/mol. The molecule has 4 nitrogen and oxygen atoms in total. The van der Waals surface area contributed by atoms with E-state index in [1.165, 1.54) is 0 Å². The Labute approximate surface area is 154 Å². The molecule has 0 aromatic heterocycles. The number of ether oxygens (including phenoxy) is 1. The highest BCUT2D eigenvalue weighted by Gasteiger charge is 2.33. The number of amides is 1. The van der Waals surface area contributed by atoms with E-state index in [1.54, 1.807) is 44.2 Å². The molecule has 0 aliphatic carbocycles. The maximum Gasteiger partial charge on any atom is 0.247 e. The first-order chi connectivity index (χ1) is 10.9. The maximum absolute atomic E-state index is 12.8. The smallest absolute Gasteiger partial charge is 0.247 e. The van der Waals surface area contributed by atoms with Crippen molar-refractivity contribution >= 4 is 29.9 Å². The van der Waals surface area contributed by atoms with Crippen molar-refractivity contribution in [2.24, 2.45) is 5.73 Å². The molecule has 0 saturated heterocycles. The Hall–Kier alpha value is -1.75. The normalized spacial score (nSPS) is 12.7. The molecule has 0 radical (unpaired) electrons. The molecule has 0 heterocycles. The molecule has 24 heavy (non-hydrogen) atoms. The van der Waals surface area contributed by atoms with E-state index in [-0.39, 0.29) is 18.3 Å². The highest BCUT2D eigenvalue weighted by molar-refractivity contribution is 6.30. The summed E-state index contributed by atoms with van der Waals surface area (Å²) in [6.45, 7) is 2.08. The van der Waals surface area contributed by atoms with Crippen LogP contribution < -0.4 is 10.5 Å². The van der Waals surface area contributed by atoms with Gasteiger partial charge in [-0.25, -0.2) is 0 Å². The van der Waals surface area contributed by atoms with Gasteiger partial charge in [-0.1, -0.05) is 41.9 Å². The van der Waals surface area contributed by atoms with Gasteiger partial charge in [0.25, 0.3) is 0 Å². The van der Waals surface area contributed by atoms with Crippen molar-refractivity contribution in [2.45, 2.75) is 19.0 Å². The molecular formula is C18H22Cl2N2O2. The molecule has 0 aliphatic heterocycles. The minimum absolute atomic E-state index is 0. The number of methoxy groups -OCH3 is 1. The summed E-state index contributed by atoms with van der Waals surface area (Å²) in [5.41, 5.74) is 6.80. The van der Waals surface area contributed by atoms with E-state index in [4.69, 9.17) is 22.1 Å². The Bertz CT molecular complexity index is 691. The lowest BCUT2D eigenvalue weighted by molar-refractivity contribution is -0.136. The average Bonchev–Trinajstić information content (AvgIpc) is 2.55. The first-order valence-corrected chi connectivity index (χ1v) is 7.66. The lowest BCUT2D eigenvalue weighted by Crippen LogP contribution is -2.49. The van der Waals surface area contributed by atoms with Crippen LogP contribution >= 0.6 is 24.0 Å². The maximum atomic E-state index is 12.8. The van der Waals surface area contributed by atoms with Gasteiger partial charge in [0.15, 0.2) is 0 Å². The first kappa shape index (κ1) is 20.3. The number of hydrogen-bond acceptors (Lipinski definition) is 3. The van der Waals surface area contributed by atoms with Gasteiger partial charge < -0.3 is 15.4 Å². The summed E-state index contributed by atoms with van der Waals surface area (Å²) in [7, 11) is 3.31. The lowest BCUT2D eigenvalue weighted by atomic mass is 9.91. The molecule has 6 heteroatoms. The van der Waals surface area contributed by atoms with Gasteiger partial charge in [-0.2, -0.15) is 0 Å². The molecule has 2 N–H and O–H groups in total. The monoisotopic (exact) mass is 368 g/mol. The predicted molar refractivity (Wildman–Crippen MR) is 99.7 cm³/mol. The summed E-state index contributed by atoms with van der Waals surface area (Å²) in [6.07, 6.45) is 0. The van der Waals surface area contributed by atoms with E-state index in [1.807, 2.05) is 30.3 Å². The number of rotatable bonds is 5. The second-order valence-electron chi connectivity index (χ2n) is 5.69. The highest BCUT2D eigenvalue weighted by Crippen LogP contribution is 2.26. The number of nitrogens with two attached hydrogens (primary N) is 1. The second kappa shape index (κ2) is 8.38. The topological polar surface area (TPSA) is 55.6 Å².